The minimum absolute atomic E-state index is 0.197. The molecule has 0 spiro atoms. The van der Waals surface area contributed by atoms with Crippen LogP contribution < -0.4 is 5.32 Å². The Hall–Kier alpha value is -1.40. The molecule has 6 nitrogen and oxygen atoms in total. The lowest BCUT2D eigenvalue weighted by atomic mass is 10.3. The van der Waals surface area contributed by atoms with Gasteiger partial charge in [0.05, 0.1) is 12.9 Å². The van der Waals surface area contributed by atoms with Gasteiger partial charge < -0.3 is 14.6 Å². The number of halogens is 1. The molecule has 2 heterocycles. The predicted octanol–water partition coefficient (Wildman–Crippen LogP) is 1.95. The van der Waals surface area contributed by atoms with E-state index in [1.165, 1.54) is 0 Å². The molecule has 18 heavy (non-hydrogen) atoms. The predicted molar refractivity (Wildman–Crippen MR) is 71.0 cm³/mol. The number of anilines is 1. The normalized spacial score (nSPS) is 11.4. The van der Waals surface area contributed by atoms with E-state index in [4.69, 9.17) is 16.3 Å². The zero-order valence-corrected chi connectivity index (χ0v) is 11.4. The van der Waals surface area contributed by atoms with Crippen LogP contribution in [0.15, 0.2) is 6.33 Å². The van der Waals surface area contributed by atoms with Crippen LogP contribution in [0, 0.1) is 0 Å². The van der Waals surface area contributed by atoms with E-state index in [1.54, 1.807) is 13.4 Å². The second-order valence-electron chi connectivity index (χ2n) is 4.24. The summed E-state index contributed by atoms with van der Waals surface area (Å²) in [4.78, 5) is 12.6. The van der Waals surface area contributed by atoms with E-state index in [9.17, 15) is 0 Å². The third kappa shape index (κ3) is 2.70. The van der Waals surface area contributed by atoms with Gasteiger partial charge in [-0.1, -0.05) is 0 Å². The van der Waals surface area contributed by atoms with Gasteiger partial charge >= 0.3 is 0 Å². The van der Waals surface area contributed by atoms with E-state index in [0.29, 0.717) is 24.6 Å². The smallest absolute Gasteiger partial charge is 0.226 e. The van der Waals surface area contributed by atoms with Crippen LogP contribution >= 0.6 is 11.6 Å². The van der Waals surface area contributed by atoms with Crippen LogP contribution in [-0.4, -0.2) is 39.3 Å². The van der Waals surface area contributed by atoms with E-state index in [-0.39, 0.29) is 11.3 Å². The van der Waals surface area contributed by atoms with E-state index < -0.39 is 0 Å². The van der Waals surface area contributed by atoms with Gasteiger partial charge in [0.1, 0.15) is 5.52 Å². The average Bonchev–Trinajstić information content (AvgIpc) is 2.68. The summed E-state index contributed by atoms with van der Waals surface area (Å²) < 4.78 is 7.03. The zero-order chi connectivity index (χ0) is 13.1. The topological polar surface area (TPSA) is 64.9 Å². The molecule has 0 atom stereocenters. The summed E-state index contributed by atoms with van der Waals surface area (Å²) in [6.07, 6.45) is 1.72. The van der Waals surface area contributed by atoms with Crippen molar-refractivity contribution in [3.63, 3.8) is 0 Å². The molecule has 98 valence electrons. The van der Waals surface area contributed by atoms with Gasteiger partial charge in [-0.25, -0.2) is 4.98 Å². The van der Waals surface area contributed by atoms with Crippen LogP contribution in [0.2, 0.25) is 5.28 Å². The summed E-state index contributed by atoms with van der Waals surface area (Å²) in [5, 5.41) is 3.45. The lowest BCUT2D eigenvalue weighted by Gasteiger charge is -2.12. The first-order valence-corrected chi connectivity index (χ1v) is 6.13. The Morgan fingerprint density at radius 3 is 2.89 bits per heavy atom. The van der Waals surface area contributed by atoms with Crippen molar-refractivity contribution < 1.29 is 4.74 Å². The summed E-state index contributed by atoms with van der Waals surface area (Å²) in [6.45, 7) is 5.38. The monoisotopic (exact) mass is 269 g/mol. The maximum absolute atomic E-state index is 5.88. The van der Waals surface area contributed by atoms with E-state index in [0.717, 1.165) is 5.52 Å². The van der Waals surface area contributed by atoms with Crippen molar-refractivity contribution in [2.24, 2.45) is 0 Å². The van der Waals surface area contributed by atoms with Crippen molar-refractivity contribution in [3.8, 4) is 0 Å². The SMILES string of the molecule is COCCn1cnc2nc(Cl)nc(NC(C)C)c21. The molecule has 1 N–H and O–H groups in total. The Morgan fingerprint density at radius 2 is 2.22 bits per heavy atom. The van der Waals surface area contributed by atoms with Gasteiger partial charge in [-0.05, 0) is 25.4 Å². The standard InChI is InChI=1S/C11H16ClN5O/c1-7(2)14-10-8-9(15-11(12)16-10)13-6-17(8)4-5-18-3/h6-7H,4-5H2,1-3H3,(H,14,15,16). The van der Waals surface area contributed by atoms with Crippen molar-refractivity contribution in [1.82, 2.24) is 19.5 Å². The number of aromatic nitrogens is 4. The quantitative estimate of drug-likeness (QED) is 0.841. The molecule has 0 fully saturated rings. The third-order valence-electron chi connectivity index (χ3n) is 2.41. The average molecular weight is 270 g/mol. The number of methoxy groups -OCH3 is 1. The van der Waals surface area contributed by atoms with Gasteiger partial charge in [0, 0.05) is 19.7 Å². The Balaban J connectivity index is 2.47. The van der Waals surface area contributed by atoms with Gasteiger partial charge in [-0.2, -0.15) is 9.97 Å². The Kier molecular flexibility index (Phi) is 3.98. The fourth-order valence-corrected chi connectivity index (χ4v) is 1.85. The maximum atomic E-state index is 5.88. The van der Waals surface area contributed by atoms with Gasteiger partial charge in [0.25, 0.3) is 0 Å². The van der Waals surface area contributed by atoms with Crippen molar-refractivity contribution in [3.05, 3.63) is 11.6 Å². The molecule has 0 unspecified atom stereocenters. The van der Waals surface area contributed by atoms with Gasteiger partial charge in [0.2, 0.25) is 5.28 Å². The van der Waals surface area contributed by atoms with E-state index in [2.05, 4.69) is 20.3 Å². The maximum Gasteiger partial charge on any atom is 0.226 e. The van der Waals surface area contributed by atoms with Crippen molar-refractivity contribution >= 4 is 28.6 Å². The molecule has 0 amide bonds. The lowest BCUT2D eigenvalue weighted by Crippen LogP contribution is -2.13. The number of hydrogen-bond acceptors (Lipinski definition) is 5. The molecule has 0 aliphatic carbocycles. The molecule has 0 radical (unpaired) electrons. The molecular formula is C11H16ClN5O. The van der Waals surface area contributed by atoms with Crippen molar-refractivity contribution in [1.29, 1.82) is 0 Å². The lowest BCUT2D eigenvalue weighted by molar-refractivity contribution is 0.188. The molecule has 7 heteroatoms. The minimum Gasteiger partial charge on any atom is -0.383 e. The van der Waals surface area contributed by atoms with Gasteiger partial charge in [0.15, 0.2) is 11.5 Å². The minimum atomic E-state index is 0.197. The third-order valence-corrected chi connectivity index (χ3v) is 2.58. The molecule has 2 aromatic heterocycles. The van der Waals surface area contributed by atoms with Crippen LogP contribution in [-0.2, 0) is 11.3 Å². The molecule has 0 bridgehead atoms. The highest BCUT2D eigenvalue weighted by Crippen LogP contribution is 2.22. The summed E-state index contributed by atoms with van der Waals surface area (Å²) in [7, 11) is 1.67. The Bertz CT molecular complexity index is 539. The second-order valence-corrected chi connectivity index (χ2v) is 4.58. The van der Waals surface area contributed by atoms with Crippen molar-refractivity contribution in [2.75, 3.05) is 19.0 Å². The highest BCUT2D eigenvalue weighted by molar-refractivity contribution is 6.28. The first-order chi connectivity index (χ1) is 8.61. The number of rotatable bonds is 5. The fourth-order valence-electron chi connectivity index (χ4n) is 1.69. The molecule has 2 rings (SSSR count). The molecular weight excluding hydrogens is 254 g/mol. The van der Waals surface area contributed by atoms with Crippen LogP contribution in [0.1, 0.15) is 13.8 Å². The first-order valence-electron chi connectivity index (χ1n) is 5.75. The number of ether oxygens (including phenoxy) is 1. The molecule has 0 aliphatic rings. The van der Waals surface area contributed by atoms with Gasteiger partial charge in [-0.3, -0.25) is 0 Å². The van der Waals surface area contributed by atoms with Crippen LogP contribution in [0.5, 0.6) is 0 Å². The number of hydrogen-bond donors (Lipinski definition) is 1. The largest absolute Gasteiger partial charge is 0.383 e. The number of nitrogens with zero attached hydrogens (tertiary/aromatic N) is 4. The molecule has 0 saturated carbocycles. The fraction of sp³-hybridized carbons (Fsp3) is 0.545. The Morgan fingerprint density at radius 1 is 1.44 bits per heavy atom. The molecule has 0 saturated heterocycles. The summed E-state index contributed by atoms with van der Waals surface area (Å²) in [6, 6.07) is 0.255. The number of imidazole rings is 1. The first kappa shape index (κ1) is 13.0. The summed E-state index contributed by atoms with van der Waals surface area (Å²) in [5.41, 5.74) is 1.44. The highest BCUT2D eigenvalue weighted by atomic mass is 35.5. The van der Waals surface area contributed by atoms with E-state index in [1.807, 2.05) is 18.4 Å². The Labute approximate surface area is 110 Å². The van der Waals surface area contributed by atoms with E-state index >= 15 is 0 Å². The summed E-state index contributed by atoms with van der Waals surface area (Å²) >= 11 is 5.88. The summed E-state index contributed by atoms with van der Waals surface area (Å²) in [5.74, 6) is 0.702. The zero-order valence-electron chi connectivity index (χ0n) is 10.6. The van der Waals surface area contributed by atoms with Crippen LogP contribution in [0.25, 0.3) is 11.2 Å². The van der Waals surface area contributed by atoms with Gasteiger partial charge in [-0.15, -0.1) is 0 Å². The molecule has 0 aliphatic heterocycles. The highest BCUT2D eigenvalue weighted by Gasteiger charge is 2.13. The molecule has 0 aromatic carbocycles. The molecule has 2 aromatic rings. The van der Waals surface area contributed by atoms with Crippen LogP contribution in [0.3, 0.4) is 0 Å². The number of nitrogens with one attached hydrogen (secondary N) is 1. The van der Waals surface area contributed by atoms with Crippen molar-refractivity contribution in [2.45, 2.75) is 26.4 Å². The second kappa shape index (κ2) is 5.49. The van der Waals surface area contributed by atoms with Crippen LogP contribution in [0.4, 0.5) is 5.82 Å². The number of fused-ring (bicyclic) bond motifs is 1.